The lowest BCUT2D eigenvalue weighted by Crippen LogP contribution is -2.52. The van der Waals surface area contributed by atoms with Crippen molar-refractivity contribution >= 4 is 40.8 Å². The number of alkyl halides is 5. The summed E-state index contributed by atoms with van der Waals surface area (Å²) in [7, 11) is 0. The Kier molecular flexibility index (Phi) is 10.6. The molecule has 1 atom stereocenters. The fraction of sp³-hybridized carbons (Fsp3) is 0.308. The summed E-state index contributed by atoms with van der Waals surface area (Å²) in [5.74, 6) is -2.06. The number of nitrogens with zero attached hydrogens (tertiary/aromatic N) is 7. The van der Waals surface area contributed by atoms with Crippen LogP contribution in [0, 0.1) is 0 Å². The molecule has 0 bridgehead atoms. The number of rotatable bonds is 11. The highest BCUT2D eigenvalue weighted by Crippen LogP contribution is 2.32. The normalized spacial score (nSPS) is 17.4. The quantitative estimate of drug-likeness (QED) is 0.119. The second kappa shape index (κ2) is 15.9. The molecule has 20 heteroatoms. The summed E-state index contributed by atoms with van der Waals surface area (Å²) in [5, 5.41) is 10.9. The van der Waals surface area contributed by atoms with Gasteiger partial charge in [-0.2, -0.15) is 18.3 Å². The monoisotopic (exact) mass is 818 g/mol. The number of carbonyl (C=O) groups is 4. The molecular weight excluding hydrogens is 783 g/mol. The van der Waals surface area contributed by atoms with Gasteiger partial charge in [0.15, 0.2) is 11.4 Å². The minimum absolute atomic E-state index is 0.0977. The van der Waals surface area contributed by atoms with Gasteiger partial charge in [-0.05, 0) is 60.0 Å². The molecule has 3 aliphatic rings. The van der Waals surface area contributed by atoms with E-state index in [1.165, 1.54) is 29.2 Å². The van der Waals surface area contributed by atoms with Crippen LogP contribution in [-0.4, -0.2) is 98.1 Å². The number of nitrogens with one attached hydrogen (secondary N) is 3. The predicted octanol–water partition coefficient (Wildman–Crippen LogP) is 5.17. The largest absolute Gasteiger partial charge is 0.444 e. The minimum Gasteiger partial charge on any atom is -0.444 e. The van der Waals surface area contributed by atoms with Crippen LogP contribution in [0.15, 0.2) is 77.7 Å². The Hall–Kier alpha value is -6.70. The van der Waals surface area contributed by atoms with Gasteiger partial charge in [0.05, 0.1) is 17.6 Å². The van der Waals surface area contributed by atoms with Crippen molar-refractivity contribution in [3.8, 4) is 17.1 Å². The number of halogens is 5. The Balaban J connectivity index is 0.878. The van der Waals surface area contributed by atoms with Crippen molar-refractivity contribution < 1.29 is 45.5 Å². The number of aromatic nitrogens is 4. The number of carbonyl (C=O) groups excluding carboxylic acids is 4. The number of amides is 4. The smallest absolute Gasteiger partial charge is 0.405 e. The number of pyridine rings is 1. The molecule has 59 heavy (non-hydrogen) atoms. The van der Waals surface area contributed by atoms with Crippen molar-refractivity contribution in [3.63, 3.8) is 0 Å². The maximum absolute atomic E-state index is 14.1. The number of piperidine rings is 1. The molecular formula is C39H35F5N10O5. The Morgan fingerprint density at radius 2 is 1.76 bits per heavy atom. The maximum atomic E-state index is 14.1. The van der Waals surface area contributed by atoms with Crippen molar-refractivity contribution in [2.75, 3.05) is 48.3 Å². The molecule has 3 aromatic heterocycles. The van der Waals surface area contributed by atoms with E-state index in [4.69, 9.17) is 4.42 Å². The van der Waals surface area contributed by atoms with Crippen molar-refractivity contribution in [1.82, 2.24) is 34.9 Å². The van der Waals surface area contributed by atoms with E-state index in [0.29, 0.717) is 43.9 Å². The summed E-state index contributed by atoms with van der Waals surface area (Å²) in [6.45, 7) is 2.47. The number of fused-ring (bicyclic) bond motifs is 1. The molecule has 4 amide bonds. The molecule has 0 radical (unpaired) electrons. The average Bonchev–Trinajstić information content (AvgIpc) is 3.96. The highest BCUT2D eigenvalue weighted by atomic mass is 19.4. The zero-order valence-electron chi connectivity index (χ0n) is 31.0. The first kappa shape index (κ1) is 39.1. The molecule has 2 aromatic carbocycles. The zero-order valence-corrected chi connectivity index (χ0v) is 31.0. The number of imide groups is 1. The summed E-state index contributed by atoms with van der Waals surface area (Å²) in [4.78, 5) is 64.4. The van der Waals surface area contributed by atoms with Gasteiger partial charge in [-0.1, -0.05) is 12.1 Å². The van der Waals surface area contributed by atoms with Crippen LogP contribution in [0.4, 0.5) is 39.1 Å². The first-order valence-electron chi connectivity index (χ1n) is 18.5. The molecule has 306 valence electrons. The SMILES string of the molecule is O=C1CCC(N2Cc3c(CN4CCN(c5ccc(-n6cc(NC(=O)c7coc(-c8ccnc(NCC(F)(F)F)c8)n7)c(C(F)F)n6)cc5)CC4)cccc3C2=O)C(=O)N1. The van der Waals surface area contributed by atoms with E-state index in [-0.39, 0.29) is 46.9 Å². The third-order valence-electron chi connectivity index (χ3n) is 10.3. The second-order valence-electron chi connectivity index (χ2n) is 14.2. The zero-order chi connectivity index (χ0) is 41.4. The highest BCUT2D eigenvalue weighted by Gasteiger charge is 2.40. The molecule has 0 saturated carbocycles. The standard InChI is InChI=1S/C39H35F5N10O5/c40-34(41)33-28(47-35(56)29-20-59-37(48-29)22-10-11-45-31(16-22)46-21-39(42,43)44)19-54(50-33)25-6-4-24(5-7-25)52-14-12-51(13-15-52)17-23-2-1-3-26-27(23)18-53(38(26)58)30-8-9-32(55)49-36(30)57/h1-7,10-11,16,19-20,30,34H,8-9,12-15,17-18,21H2,(H,45,46)(H,47,56)(H,49,55,57). The number of benzene rings is 2. The van der Waals surface area contributed by atoms with Gasteiger partial charge in [0.2, 0.25) is 17.7 Å². The summed E-state index contributed by atoms with van der Waals surface area (Å²) in [5.41, 5.74) is 2.88. The molecule has 2 fully saturated rings. The van der Waals surface area contributed by atoms with Crippen molar-refractivity contribution in [2.24, 2.45) is 0 Å². The van der Waals surface area contributed by atoms with Crippen LogP contribution in [0.2, 0.25) is 0 Å². The molecule has 15 nitrogen and oxygen atoms in total. The molecule has 3 aliphatic heterocycles. The van der Waals surface area contributed by atoms with E-state index < -0.39 is 42.7 Å². The van der Waals surface area contributed by atoms with Gasteiger partial charge < -0.3 is 24.9 Å². The first-order chi connectivity index (χ1) is 28.3. The van der Waals surface area contributed by atoms with Gasteiger partial charge in [0, 0.05) is 68.7 Å². The molecule has 6 heterocycles. The number of oxazole rings is 1. The number of anilines is 3. The molecule has 1 unspecified atom stereocenters. The van der Waals surface area contributed by atoms with E-state index in [9.17, 15) is 41.1 Å². The molecule has 2 saturated heterocycles. The highest BCUT2D eigenvalue weighted by molar-refractivity contribution is 6.05. The number of piperazine rings is 1. The molecule has 0 spiro atoms. The van der Waals surface area contributed by atoms with Gasteiger partial charge in [0.25, 0.3) is 18.2 Å². The van der Waals surface area contributed by atoms with Crippen LogP contribution in [0.1, 0.15) is 56.9 Å². The van der Waals surface area contributed by atoms with Crippen LogP contribution in [0.25, 0.3) is 17.1 Å². The molecule has 3 N–H and O–H groups in total. The molecule has 0 aliphatic carbocycles. The van der Waals surface area contributed by atoms with Crippen molar-refractivity contribution in [1.29, 1.82) is 0 Å². The van der Waals surface area contributed by atoms with Crippen LogP contribution in [0.5, 0.6) is 0 Å². The van der Waals surface area contributed by atoms with Crippen LogP contribution >= 0.6 is 0 Å². The number of hydrogen-bond acceptors (Lipinski definition) is 11. The fourth-order valence-corrected chi connectivity index (χ4v) is 7.34. The lowest BCUT2D eigenvalue weighted by Gasteiger charge is -2.36. The van der Waals surface area contributed by atoms with E-state index in [2.05, 4.69) is 40.8 Å². The van der Waals surface area contributed by atoms with Crippen molar-refractivity contribution in [3.05, 3.63) is 101 Å². The summed E-state index contributed by atoms with van der Waals surface area (Å²) < 4.78 is 72.6. The topological polar surface area (TPSA) is 171 Å². The van der Waals surface area contributed by atoms with Gasteiger partial charge in [-0.15, -0.1) is 0 Å². The third-order valence-corrected chi connectivity index (χ3v) is 10.3. The average molecular weight is 819 g/mol. The lowest BCUT2D eigenvalue weighted by atomic mass is 10.0. The molecule has 8 rings (SSSR count). The van der Waals surface area contributed by atoms with Crippen LogP contribution in [0.3, 0.4) is 0 Å². The van der Waals surface area contributed by atoms with E-state index in [1.54, 1.807) is 23.1 Å². The van der Waals surface area contributed by atoms with Crippen molar-refractivity contribution in [2.45, 2.75) is 44.6 Å². The number of hydrogen-bond donors (Lipinski definition) is 3. The Morgan fingerprint density at radius 1 is 1.00 bits per heavy atom. The van der Waals surface area contributed by atoms with Crippen LogP contribution < -0.4 is 20.9 Å². The lowest BCUT2D eigenvalue weighted by molar-refractivity contribution is -0.137. The summed E-state index contributed by atoms with van der Waals surface area (Å²) in [6.07, 6.45) is -3.53. The predicted molar refractivity (Wildman–Crippen MR) is 201 cm³/mol. The van der Waals surface area contributed by atoms with Gasteiger partial charge in [0.1, 0.15) is 24.7 Å². The van der Waals surface area contributed by atoms with E-state index in [1.807, 2.05) is 24.3 Å². The summed E-state index contributed by atoms with van der Waals surface area (Å²) >= 11 is 0. The minimum atomic E-state index is -4.47. The Bertz CT molecular complexity index is 2410. The maximum Gasteiger partial charge on any atom is 0.405 e. The van der Waals surface area contributed by atoms with E-state index in [0.717, 1.165) is 36.2 Å². The fourth-order valence-electron chi connectivity index (χ4n) is 7.34. The van der Waals surface area contributed by atoms with E-state index >= 15 is 0 Å². The van der Waals surface area contributed by atoms with Gasteiger partial charge >= 0.3 is 6.18 Å². The molecule has 5 aromatic rings. The third kappa shape index (κ3) is 8.47. The van der Waals surface area contributed by atoms with Gasteiger partial charge in [-0.25, -0.2) is 23.4 Å². The Labute approximate surface area is 332 Å². The van der Waals surface area contributed by atoms with Crippen LogP contribution in [-0.2, 0) is 22.7 Å². The first-order valence-corrected chi connectivity index (χ1v) is 18.5. The second-order valence-corrected chi connectivity index (χ2v) is 14.2. The Morgan fingerprint density at radius 3 is 2.49 bits per heavy atom. The summed E-state index contributed by atoms with van der Waals surface area (Å²) in [6, 6.07) is 14.8. The van der Waals surface area contributed by atoms with Gasteiger partial charge in [-0.3, -0.25) is 29.4 Å².